The molecule has 0 aliphatic heterocycles. The third-order valence-electron chi connectivity index (χ3n) is 3.58. The molecular weight excluding hydrogens is 340 g/mol. The lowest BCUT2D eigenvalue weighted by atomic mass is 10.3. The standard InChI is InChI=1S/C14H10N10O2/c15-9-1-3-10(4-2-9)22-13(16-18-20-22)14-17-19-21-23(14)11-5-7-12(8-6-11)24(25)26/h1-8H,15H2. The van der Waals surface area contributed by atoms with Crippen molar-refractivity contribution in [3.8, 4) is 23.0 Å². The summed E-state index contributed by atoms with van der Waals surface area (Å²) in [4.78, 5) is 10.3. The fourth-order valence-electron chi connectivity index (χ4n) is 2.33. The van der Waals surface area contributed by atoms with Crippen LogP contribution in [0.5, 0.6) is 0 Å². The number of benzene rings is 2. The number of tetrazole rings is 2. The number of hydrogen-bond acceptors (Lipinski definition) is 9. The van der Waals surface area contributed by atoms with E-state index in [0.717, 1.165) is 0 Å². The van der Waals surface area contributed by atoms with Gasteiger partial charge in [0.2, 0.25) is 11.6 Å². The molecule has 0 spiro atoms. The second-order valence-corrected chi connectivity index (χ2v) is 5.19. The molecule has 0 saturated carbocycles. The first-order valence-corrected chi connectivity index (χ1v) is 7.31. The molecule has 0 aliphatic rings. The molecule has 0 unspecified atom stereocenters. The number of nitro benzene ring substituents is 1. The Morgan fingerprint density at radius 2 is 1.27 bits per heavy atom. The predicted octanol–water partition coefficient (Wildman–Crippen LogP) is 0.795. The van der Waals surface area contributed by atoms with Gasteiger partial charge in [-0.3, -0.25) is 10.1 Å². The molecule has 0 aliphatic carbocycles. The van der Waals surface area contributed by atoms with E-state index in [-0.39, 0.29) is 11.5 Å². The summed E-state index contributed by atoms with van der Waals surface area (Å²) in [7, 11) is 0. The lowest BCUT2D eigenvalue weighted by Gasteiger charge is -2.06. The largest absolute Gasteiger partial charge is 0.399 e. The zero-order chi connectivity index (χ0) is 18.1. The highest BCUT2D eigenvalue weighted by molar-refractivity contribution is 5.53. The minimum atomic E-state index is -0.480. The van der Waals surface area contributed by atoms with Crippen molar-refractivity contribution in [3.05, 3.63) is 58.6 Å². The Morgan fingerprint density at radius 1 is 0.808 bits per heavy atom. The summed E-state index contributed by atoms with van der Waals surface area (Å²) in [6, 6.07) is 12.8. The van der Waals surface area contributed by atoms with Crippen molar-refractivity contribution in [1.29, 1.82) is 0 Å². The SMILES string of the molecule is Nc1ccc(-n2nnnc2-c2nnnn2-c2ccc([N+](=O)[O-])cc2)cc1. The van der Waals surface area contributed by atoms with E-state index in [0.29, 0.717) is 22.9 Å². The van der Waals surface area contributed by atoms with Crippen molar-refractivity contribution >= 4 is 11.4 Å². The van der Waals surface area contributed by atoms with E-state index < -0.39 is 4.92 Å². The van der Waals surface area contributed by atoms with Gasteiger partial charge in [0.05, 0.1) is 16.3 Å². The first kappa shape index (κ1) is 15.3. The number of non-ortho nitro benzene ring substituents is 1. The zero-order valence-electron chi connectivity index (χ0n) is 13.0. The number of aromatic nitrogens is 8. The Kier molecular flexibility index (Phi) is 3.54. The third-order valence-corrected chi connectivity index (χ3v) is 3.58. The topological polar surface area (TPSA) is 156 Å². The zero-order valence-corrected chi connectivity index (χ0v) is 13.0. The van der Waals surface area contributed by atoms with Crippen molar-refractivity contribution in [3.63, 3.8) is 0 Å². The van der Waals surface area contributed by atoms with Crippen LogP contribution >= 0.6 is 0 Å². The van der Waals surface area contributed by atoms with Crippen LogP contribution in [0.15, 0.2) is 48.5 Å². The summed E-state index contributed by atoms with van der Waals surface area (Å²) in [6.45, 7) is 0. The lowest BCUT2D eigenvalue weighted by molar-refractivity contribution is -0.384. The molecule has 12 nitrogen and oxygen atoms in total. The molecule has 4 rings (SSSR count). The van der Waals surface area contributed by atoms with E-state index in [2.05, 4.69) is 31.1 Å². The first-order chi connectivity index (χ1) is 12.6. The summed E-state index contributed by atoms with van der Waals surface area (Å²) in [6.07, 6.45) is 0. The molecule has 0 bridgehead atoms. The number of hydrogen-bond donors (Lipinski definition) is 1. The van der Waals surface area contributed by atoms with Crippen LogP contribution in [0.2, 0.25) is 0 Å². The molecule has 2 aromatic carbocycles. The van der Waals surface area contributed by atoms with Crippen LogP contribution in [-0.4, -0.2) is 45.3 Å². The van der Waals surface area contributed by atoms with Crippen LogP contribution in [0.3, 0.4) is 0 Å². The fourth-order valence-corrected chi connectivity index (χ4v) is 2.33. The smallest absolute Gasteiger partial charge is 0.269 e. The molecule has 4 aromatic rings. The monoisotopic (exact) mass is 350 g/mol. The molecule has 2 aromatic heterocycles. The van der Waals surface area contributed by atoms with E-state index in [1.54, 1.807) is 24.3 Å². The van der Waals surface area contributed by atoms with Crippen molar-refractivity contribution in [2.24, 2.45) is 0 Å². The summed E-state index contributed by atoms with van der Waals surface area (Å²) < 4.78 is 2.86. The number of nitrogens with two attached hydrogens (primary N) is 1. The van der Waals surface area contributed by atoms with Gasteiger partial charge in [0.25, 0.3) is 5.69 Å². The van der Waals surface area contributed by atoms with Gasteiger partial charge in [-0.05, 0) is 57.3 Å². The maximum atomic E-state index is 10.8. The molecule has 0 saturated heterocycles. The van der Waals surface area contributed by atoms with Gasteiger partial charge in [0.1, 0.15) is 0 Å². The van der Waals surface area contributed by atoms with Gasteiger partial charge in [0.15, 0.2) is 0 Å². The van der Waals surface area contributed by atoms with Crippen LogP contribution in [-0.2, 0) is 0 Å². The lowest BCUT2D eigenvalue weighted by Crippen LogP contribution is -2.06. The van der Waals surface area contributed by atoms with Gasteiger partial charge in [-0.15, -0.1) is 10.2 Å². The Hall–Kier alpha value is -4.22. The molecule has 0 amide bonds. The molecule has 0 atom stereocenters. The highest BCUT2D eigenvalue weighted by atomic mass is 16.6. The minimum absolute atomic E-state index is 0.0323. The number of nitro groups is 1. The summed E-state index contributed by atoms with van der Waals surface area (Å²) >= 11 is 0. The molecule has 26 heavy (non-hydrogen) atoms. The molecule has 0 fully saturated rings. The molecule has 128 valence electrons. The second-order valence-electron chi connectivity index (χ2n) is 5.19. The normalized spacial score (nSPS) is 10.8. The van der Waals surface area contributed by atoms with E-state index in [1.807, 2.05) is 0 Å². The molecule has 0 radical (unpaired) electrons. The predicted molar refractivity (Wildman–Crippen MR) is 88.4 cm³/mol. The first-order valence-electron chi connectivity index (χ1n) is 7.31. The van der Waals surface area contributed by atoms with Gasteiger partial charge < -0.3 is 5.73 Å². The van der Waals surface area contributed by atoms with Gasteiger partial charge in [-0.2, -0.15) is 9.36 Å². The fraction of sp³-hybridized carbons (Fsp3) is 0. The van der Waals surface area contributed by atoms with Gasteiger partial charge >= 0.3 is 0 Å². The van der Waals surface area contributed by atoms with E-state index in [9.17, 15) is 10.1 Å². The van der Waals surface area contributed by atoms with Crippen molar-refractivity contribution in [2.75, 3.05) is 5.73 Å². The van der Waals surface area contributed by atoms with Crippen LogP contribution < -0.4 is 5.73 Å². The Morgan fingerprint density at radius 3 is 1.73 bits per heavy atom. The van der Waals surface area contributed by atoms with Crippen molar-refractivity contribution < 1.29 is 4.92 Å². The highest BCUT2D eigenvalue weighted by Gasteiger charge is 2.19. The third kappa shape index (κ3) is 2.60. The number of nitrogens with zero attached hydrogens (tertiary/aromatic N) is 9. The van der Waals surface area contributed by atoms with E-state index in [1.165, 1.54) is 33.6 Å². The maximum Gasteiger partial charge on any atom is 0.269 e. The molecule has 12 heteroatoms. The minimum Gasteiger partial charge on any atom is -0.399 e. The van der Waals surface area contributed by atoms with Gasteiger partial charge in [-0.25, -0.2) is 0 Å². The molecule has 2 heterocycles. The van der Waals surface area contributed by atoms with Crippen LogP contribution in [0.4, 0.5) is 11.4 Å². The van der Waals surface area contributed by atoms with Crippen molar-refractivity contribution in [2.45, 2.75) is 0 Å². The highest BCUT2D eigenvalue weighted by Crippen LogP contribution is 2.21. The van der Waals surface area contributed by atoms with E-state index >= 15 is 0 Å². The summed E-state index contributed by atoms with van der Waals surface area (Å²) in [5.41, 5.74) is 7.49. The van der Waals surface area contributed by atoms with E-state index in [4.69, 9.17) is 5.73 Å². The average Bonchev–Trinajstić information content (AvgIpc) is 3.31. The molecular formula is C14H10N10O2. The number of rotatable bonds is 4. The Balaban J connectivity index is 1.78. The van der Waals surface area contributed by atoms with Crippen LogP contribution in [0, 0.1) is 10.1 Å². The second kappa shape index (κ2) is 6.01. The van der Waals surface area contributed by atoms with Gasteiger partial charge in [-0.1, -0.05) is 0 Å². The number of anilines is 1. The maximum absolute atomic E-state index is 10.8. The van der Waals surface area contributed by atoms with Crippen LogP contribution in [0.1, 0.15) is 0 Å². The Bertz CT molecular complexity index is 1070. The quantitative estimate of drug-likeness (QED) is 0.319. The van der Waals surface area contributed by atoms with Gasteiger partial charge in [0, 0.05) is 17.8 Å². The Labute approximate surface area is 145 Å². The number of nitrogen functional groups attached to an aromatic ring is 1. The average molecular weight is 350 g/mol. The summed E-state index contributed by atoms with van der Waals surface area (Å²) in [5.74, 6) is 0.582. The summed E-state index contributed by atoms with van der Waals surface area (Å²) in [5, 5.41) is 34.0. The van der Waals surface area contributed by atoms with Crippen molar-refractivity contribution in [1.82, 2.24) is 40.4 Å². The molecule has 2 N–H and O–H groups in total. The van der Waals surface area contributed by atoms with Crippen LogP contribution in [0.25, 0.3) is 23.0 Å².